The third kappa shape index (κ3) is 33.0. The summed E-state index contributed by atoms with van der Waals surface area (Å²) in [5, 5.41) is 9.45. The maximum Gasteiger partial charge on any atom is 0.306 e. The molecule has 0 bridgehead atoms. The van der Waals surface area contributed by atoms with Crippen molar-refractivity contribution in [3.63, 3.8) is 0 Å². The Hall–Kier alpha value is -1.88. The first kappa shape index (κ1) is 42.1. The van der Waals surface area contributed by atoms with Gasteiger partial charge in [0.05, 0.1) is 6.61 Å². The van der Waals surface area contributed by atoms with Crippen LogP contribution in [0.15, 0.2) is 36.5 Å². The Balaban J connectivity index is 3.49. The summed E-state index contributed by atoms with van der Waals surface area (Å²) in [6, 6.07) is 0. The molecule has 0 aliphatic carbocycles. The molecule has 5 nitrogen and oxygen atoms in total. The zero-order valence-corrected chi connectivity index (χ0v) is 28.9. The second-order valence-corrected chi connectivity index (χ2v) is 12.3. The molecule has 0 radical (unpaired) electrons. The van der Waals surface area contributed by atoms with E-state index in [9.17, 15) is 14.7 Å². The van der Waals surface area contributed by atoms with E-state index in [-0.39, 0.29) is 25.2 Å². The van der Waals surface area contributed by atoms with E-state index in [1.807, 2.05) is 0 Å². The van der Waals surface area contributed by atoms with E-state index >= 15 is 0 Å². The summed E-state index contributed by atoms with van der Waals surface area (Å²) in [5.74, 6) is -0.609. The van der Waals surface area contributed by atoms with Crippen LogP contribution in [0, 0.1) is 0 Å². The fraction of sp³-hybridized carbons (Fsp3) is 0.795. The number of hydrogen-bond acceptors (Lipinski definition) is 5. The molecule has 0 fully saturated rings. The predicted molar refractivity (Wildman–Crippen MR) is 187 cm³/mol. The maximum absolute atomic E-state index is 12.1. The van der Waals surface area contributed by atoms with Gasteiger partial charge in [0.2, 0.25) is 0 Å². The minimum Gasteiger partial charge on any atom is -0.462 e. The van der Waals surface area contributed by atoms with E-state index in [0.717, 1.165) is 51.4 Å². The van der Waals surface area contributed by atoms with E-state index < -0.39 is 6.10 Å². The zero-order chi connectivity index (χ0) is 32.2. The van der Waals surface area contributed by atoms with Crippen LogP contribution < -0.4 is 0 Å². The molecule has 0 saturated carbocycles. The van der Waals surface area contributed by atoms with Gasteiger partial charge in [-0.2, -0.15) is 0 Å². The van der Waals surface area contributed by atoms with Gasteiger partial charge in [0.15, 0.2) is 6.10 Å². The van der Waals surface area contributed by atoms with E-state index in [0.29, 0.717) is 12.8 Å². The Morgan fingerprint density at radius 2 is 0.909 bits per heavy atom. The fourth-order valence-corrected chi connectivity index (χ4v) is 5.09. The lowest BCUT2D eigenvalue weighted by Gasteiger charge is -2.15. The van der Waals surface area contributed by atoms with E-state index in [1.165, 1.54) is 103 Å². The first-order valence-electron chi connectivity index (χ1n) is 18.5. The van der Waals surface area contributed by atoms with Crippen molar-refractivity contribution in [2.24, 2.45) is 0 Å². The molecule has 256 valence electrons. The van der Waals surface area contributed by atoms with Crippen molar-refractivity contribution >= 4 is 11.9 Å². The molecule has 1 atom stereocenters. The van der Waals surface area contributed by atoms with Gasteiger partial charge in [0, 0.05) is 12.8 Å². The van der Waals surface area contributed by atoms with Crippen molar-refractivity contribution < 1.29 is 24.2 Å². The lowest BCUT2D eigenvalue weighted by molar-refractivity contribution is -0.161. The molecular weight excluding hydrogens is 548 g/mol. The van der Waals surface area contributed by atoms with Crippen LogP contribution in [0.25, 0.3) is 0 Å². The monoisotopic (exact) mass is 619 g/mol. The summed E-state index contributed by atoms with van der Waals surface area (Å²) in [4.78, 5) is 23.9. The van der Waals surface area contributed by atoms with Crippen LogP contribution in [0.5, 0.6) is 0 Å². The Morgan fingerprint density at radius 1 is 0.523 bits per heavy atom. The number of unbranched alkanes of at least 4 members (excludes halogenated alkanes) is 19. The summed E-state index contributed by atoms with van der Waals surface area (Å²) in [7, 11) is 0. The highest BCUT2D eigenvalue weighted by Gasteiger charge is 2.16. The van der Waals surface area contributed by atoms with Crippen LogP contribution in [-0.2, 0) is 19.1 Å². The average molecular weight is 619 g/mol. The minimum atomic E-state index is -0.767. The van der Waals surface area contributed by atoms with E-state index in [1.54, 1.807) is 0 Å². The highest BCUT2D eigenvalue weighted by Crippen LogP contribution is 2.13. The molecule has 1 unspecified atom stereocenters. The number of hydrogen-bond donors (Lipinski definition) is 1. The van der Waals surface area contributed by atoms with Gasteiger partial charge in [-0.05, 0) is 51.4 Å². The van der Waals surface area contributed by atoms with Crippen molar-refractivity contribution in [2.45, 2.75) is 187 Å². The first-order chi connectivity index (χ1) is 21.6. The molecule has 0 spiro atoms. The number of aliphatic hydroxyl groups is 1. The Kier molecular flexibility index (Phi) is 34.1. The van der Waals surface area contributed by atoms with Gasteiger partial charge in [0.25, 0.3) is 0 Å². The second kappa shape index (κ2) is 35.6. The molecule has 0 aromatic carbocycles. The molecule has 5 heteroatoms. The van der Waals surface area contributed by atoms with Crippen molar-refractivity contribution in [1.29, 1.82) is 0 Å². The number of esters is 2. The largest absolute Gasteiger partial charge is 0.462 e. The first-order valence-corrected chi connectivity index (χ1v) is 18.5. The number of carbonyl (C=O) groups excluding carboxylic acids is 2. The van der Waals surface area contributed by atoms with Crippen LogP contribution in [0.1, 0.15) is 181 Å². The van der Waals surface area contributed by atoms with Gasteiger partial charge in [-0.1, -0.05) is 153 Å². The number of aliphatic hydroxyl groups excluding tert-OH is 1. The van der Waals surface area contributed by atoms with Crippen LogP contribution >= 0.6 is 0 Å². The molecule has 0 heterocycles. The summed E-state index contributed by atoms with van der Waals surface area (Å²) in [6.45, 7) is 4.02. The standard InChI is InChI=1S/C39H70O5/c1-3-5-7-9-10-11-12-13-14-15-16-17-18-19-20-21-22-23-24-25-26-27-28-30-32-34-39(42)44-37(35-40)36-43-38(41)33-31-29-8-6-4-2/h12-13,15-16,18-19,37,40H,3-11,14,17,20-36H2,1-2H3/b13-12-,16-15-,19-18-. The molecule has 0 aliphatic rings. The van der Waals surface area contributed by atoms with Crippen molar-refractivity contribution in [3.05, 3.63) is 36.5 Å². The topological polar surface area (TPSA) is 72.8 Å². The number of carbonyl (C=O) groups is 2. The van der Waals surface area contributed by atoms with Crippen molar-refractivity contribution in [1.82, 2.24) is 0 Å². The van der Waals surface area contributed by atoms with E-state index in [4.69, 9.17) is 9.47 Å². The minimum absolute atomic E-state index is 0.0675. The zero-order valence-electron chi connectivity index (χ0n) is 28.9. The Labute approximate surface area is 272 Å². The summed E-state index contributed by atoms with van der Waals surface area (Å²) >= 11 is 0. The average Bonchev–Trinajstić information content (AvgIpc) is 3.02. The SMILES string of the molecule is CCCCCCC/C=C\C/C=C\C/C=C\CCCCCCCCCCCCC(=O)OC(CO)COC(=O)CCCCCCC. The lowest BCUT2D eigenvalue weighted by atomic mass is 10.0. The number of rotatable bonds is 33. The normalized spacial score (nSPS) is 12.5. The van der Waals surface area contributed by atoms with Gasteiger partial charge < -0.3 is 14.6 Å². The molecule has 1 N–H and O–H groups in total. The van der Waals surface area contributed by atoms with Gasteiger partial charge in [-0.25, -0.2) is 0 Å². The summed E-state index contributed by atoms with van der Waals surface area (Å²) in [6.07, 6.45) is 42.4. The molecule has 0 aromatic heterocycles. The summed E-state index contributed by atoms with van der Waals surface area (Å²) < 4.78 is 10.5. The molecule has 0 saturated heterocycles. The molecule has 0 aromatic rings. The highest BCUT2D eigenvalue weighted by atomic mass is 16.6. The second-order valence-electron chi connectivity index (χ2n) is 12.3. The van der Waals surface area contributed by atoms with Crippen molar-refractivity contribution in [3.8, 4) is 0 Å². The van der Waals surface area contributed by atoms with Crippen molar-refractivity contribution in [2.75, 3.05) is 13.2 Å². The number of allylic oxidation sites excluding steroid dienone is 6. The quantitative estimate of drug-likeness (QED) is 0.0450. The predicted octanol–water partition coefficient (Wildman–Crippen LogP) is 11.3. The Bertz CT molecular complexity index is 711. The fourth-order valence-electron chi connectivity index (χ4n) is 5.09. The third-order valence-electron chi connectivity index (χ3n) is 7.94. The smallest absolute Gasteiger partial charge is 0.306 e. The molecule has 44 heavy (non-hydrogen) atoms. The number of ether oxygens (including phenoxy) is 2. The van der Waals surface area contributed by atoms with Crippen LogP contribution in [0.4, 0.5) is 0 Å². The molecule has 0 aliphatic heterocycles. The Morgan fingerprint density at radius 3 is 1.36 bits per heavy atom. The maximum atomic E-state index is 12.1. The van der Waals surface area contributed by atoms with Gasteiger partial charge >= 0.3 is 11.9 Å². The van der Waals surface area contributed by atoms with Gasteiger partial charge in [-0.15, -0.1) is 0 Å². The van der Waals surface area contributed by atoms with Crippen LogP contribution in [-0.4, -0.2) is 36.4 Å². The lowest BCUT2D eigenvalue weighted by Crippen LogP contribution is -2.28. The van der Waals surface area contributed by atoms with Gasteiger partial charge in [-0.3, -0.25) is 9.59 Å². The summed E-state index contributed by atoms with van der Waals surface area (Å²) in [5.41, 5.74) is 0. The molecule has 0 amide bonds. The van der Waals surface area contributed by atoms with Crippen LogP contribution in [0.2, 0.25) is 0 Å². The van der Waals surface area contributed by atoms with E-state index in [2.05, 4.69) is 50.3 Å². The van der Waals surface area contributed by atoms with Gasteiger partial charge in [0.1, 0.15) is 6.61 Å². The highest BCUT2D eigenvalue weighted by molar-refractivity contribution is 5.70. The third-order valence-corrected chi connectivity index (χ3v) is 7.94. The molecule has 0 rings (SSSR count). The molecular formula is C39H70O5. The van der Waals surface area contributed by atoms with Crippen LogP contribution in [0.3, 0.4) is 0 Å².